The number of nitrogens with two attached hydrogens (primary N) is 1. The van der Waals surface area contributed by atoms with Crippen LogP contribution >= 0.6 is 0 Å². The summed E-state index contributed by atoms with van der Waals surface area (Å²) in [5.41, 5.74) is 6.34. The zero-order chi connectivity index (χ0) is 13.0. The first-order valence-electron chi connectivity index (χ1n) is 6.69. The number of nitrogens with one attached hydrogen (secondary N) is 1. The second-order valence-corrected chi connectivity index (χ2v) is 5.00. The average Bonchev–Trinajstić information content (AvgIpc) is 2.39. The summed E-state index contributed by atoms with van der Waals surface area (Å²) in [7, 11) is 0. The highest BCUT2D eigenvalue weighted by atomic mass is 19.1. The van der Waals surface area contributed by atoms with E-state index < -0.39 is 0 Å². The van der Waals surface area contributed by atoms with Crippen molar-refractivity contribution >= 4 is 5.82 Å². The van der Waals surface area contributed by atoms with Gasteiger partial charge < -0.3 is 11.1 Å². The van der Waals surface area contributed by atoms with Crippen LogP contribution in [0.5, 0.6) is 0 Å². The monoisotopic (exact) mass is 252 g/mol. The van der Waals surface area contributed by atoms with Gasteiger partial charge >= 0.3 is 0 Å². The lowest BCUT2D eigenvalue weighted by Crippen LogP contribution is -2.29. The number of nitrogens with zero attached hydrogens (tertiary/aromatic N) is 2. The van der Waals surface area contributed by atoms with E-state index >= 15 is 0 Å². The molecule has 1 saturated carbocycles. The van der Waals surface area contributed by atoms with Crippen molar-refractivity contribution in [3.8, 4) is 0 Å². The largest absolute Gasteiger partial charge is 0.367 e. The lowest BCUT2D eigenvalue weighted by molar-refractivity contribution is 0.338. The van der Waals surface area contributed by atoms with Crippen LogP contribution in [-0.2, 0) is 6.42 Å². The van der Waals surface area contributed by atoms with E-state index in [9.17, 15) is 4.39 Å². The molecule has 0 atom stereocenters. The third-order valence-corrected chi connectivity index (χ3v) is 3.65. The molecule has 1 aliphatic rings. The Morgan fingerprint density at radius 1 is 1.33 bits per heavy atom. The molecule has 0 saturated heterocycles. The fraction of sp³-hybridized carbons (Fsp3) is 0.692. The molecule has 1 aromatic rings. The summed E-state index contributed by atoms with van der Waals surface area (Å²) in [6, 6.07) is 0.351. The van der Waals surface area contributed by atoms with Gasteiger partial charge in [-0.05, 0) is 38.0 Å². The molecule has 0 bridgehead atoms. The standard InChI is InChI=1S/C13H21FN4/c1-2-11-12(14)13(18-8-17-11)16-7-9-3-5-10(15)6-4-9/h8-10H,2-7,15H2,1H3,(H,16,17,18). The van der Waals surface area contributed by atoms with E-state index in [1.165, 1.54) is 6.33 Å². The van der Waals surface area contributed by atoms with Crippen molar-refractivity contribution in [1.29, 1.82) is 0 Å². The molecule has 2 rings (SSSR count). The van der Waals surface area contributed by atoms with Crippen LogP contribution < -0.4 is 11.1 Å². The highest BCUT2D eigenvalue weighted by molar-refractivity contribution is 5.37. The molecule has 0 spiro atoms. The SMILES string of the molecule is CCc1ncnc(NCC2CCC(N)CC2)c1F. The molecule has 0 aliphatic heterocycles. The fourth-order valence-electron chi connectivity index (χ4n) is 2.41. The summed E-state index contributed by atoms with van der Waals surface area (Å²) in [6.45, 7) is 2.65. The van der Waals surface area contributed by atoms with E-state index in [4.69, 9.17) is 5.73 Å². The Morgan fingerprint density at radius 2 is 2.06 bits per heavy atom. The first-order valence-corrected chi connectivity index (χ1v) is 6.69. The van der Waals surface area contributed by atoms with Crippen molar-refractivity contribution in [2.75, 3.05) is 11.9 Å². The third kappa shape index (κ3) is 3.16. The Kier molecular flexibility index (Phi) is 4.47. The van der Waals surface area contributed by atoms with Crippen molar-refractivity contribution in [2.45, 2.75) is 45.1 Å². The van der Waals surface area contributed by atoms with Gasteiger partial charge in [0.2, 0.25) is 0 Å². The van der Waals surface area contributed by atoms with Crippen LogP contribution in [-0.4, -0.2) is 22.6 Å². The molecule has 1 aromatic heterocycles. The molecule has 0 amide bonds. The van der Waals surface area contributed by atoms with Gasteiger partial charge in [-0.25, -0.2) is 14.4 Å². The molecule has 1 fully saturated rings. The average molecular weight is 252 g/mol. The third-order valence-electron chi connectivity index (χ3n) is 3.65. The minimum Gasteiger partial charge on any atom is -0.367 e. The van der Waals surface area contributed by atoms with E-state index in [1.54, 1.807) is 0 Å². The number of aryl methyl sites for hydroxylation is 1. The normalized spacial score (nSPS) is 23.9. The number of anilines is 1. The Bertz CT molecular complexity index is 389. The second-order valence-electron chi connectivity index (χ2n) is 5.00. The maximum Gasteiger partial charge on any atom is 0.186 e. The molecule has 5 heteroatoms. The van der Waals surface area contributed by atoms with Gasteiger partial charge in [0.15, 0.2) is 11.6 Å². The molecule has 0 radical (unpaired) electrons. The lowest BCUT2D eigenvalue weighted by atomic mass is 9.86. The Hall–Kier alpha value is -1.23. The molecule has 0 unspecified atom stereocenters. The molecular formula is C13H21FN4. The zero-order valence-electron chi connectivity index (χ0n) is 10.8. The number of hydrogen-bond donors (Lipinski definition) is 2. The summed E-state index contributed by atoms with van der Waals surface area (Å²) in [5, 5.41) is 3.11. The van der Waals surface area contributed by atoms with Gasteiger partial charge in [-0.1, -0.05) is 6.92 Å². The van der Waals surface area contributed by atoms with Gasteiger partial charge in [0.25, 0.3) is 0 Å². The van der Waals surface area contributed by atoms with Crippen molar-refractivity contribution in [3.05, 3.63) is 17.8 Å². The van der Waals surface area contributed by atoms with E-state index in [0.717, 1.165) is 32.2 Å². The molecule has 4 nitrogen and oxygen atoms in total. The van der Waals surface area contributed by atoms with Gasteiger partial charge in [-0.3, -0.25) is 0 Å². The fourth-order valence-corrected chi connectivity index (χ4v) is 2.41. The van der Waals surface area contributed by atoms with Crippen LogP contribution in [0.3, 0.4) is 0 Å². The topological polar surface area (TPSA) is 63.8 Å². The van der Waals surface area contributed by atoms with E-state index in [0.29, 0.717) is 29.9 Å². The number of hydrogen-bond acceptors (Lipinski definition) is 4. The van der Waals surface area contributed by atoms with Crippen molar-refractivity contribution in [1.82, 2.24) is 9.97 Å². The quantitative estimate of drug-likeness (QED) is 0.861. The lowest BCUT2D eigenvalue weighted by Gasteiger charge is -2.26. The van der Waals surface area contributed by atoms with Crippen LogP contribution in [0.1, 0.15) is 38.3 Å². The second kappa shape index (κ2) is 6.09. The summed E-state index contributed by atoms with van der Waals surface area (Å²) < 4.78 is 13.9. The molecule has 18 heavy (non-hydrogen) atoms. The van der Waals surface area contributed by atoms with Crippen LogP contribution in [0.25, 0.3) is 0 Å². The Morgan fingerprint density at radius 3 is 2.72 bits per heavy atom. The van der Waals surface area contributed by atoms with Gasteiger partial charge in [0.05, 0.1) is 5.69 Å². The van der Waals surface area contributed by atoms with Crippen LogP contribution in [0.4, 0.5) is 10.2 Å². The smallest absolute Gasteiger partial charge is 0.186 e. The molecule has 100 valence electrons. The first-order chi connectivity index (χ1) is 8.70. The Balaban J connectivity index is 1.90. The predicted molar refractivity (Wildman–Crippen MR) is 69.8 cm³/mol. The molecule has 3 N–H and O–H groups in total. The maximum absolute atomic E-state index is 13.9. The summed E-state index contributed by atoms with van der Waals surface area (Å²) in [6.07, 6.45) is 6.36. The minimum atomic E-state index is -0.312. The Labute approximate surface area is 107 Å². The van der Waals surface area contributed by atoms with E-state index in [-0.39, 0.29) is 5.82 Å². The molecule has 1 aliphatic carbocycles. The van der Waals surface area contributed by atoms with Crippen LogP contribution in [0.15, 0.2) is 6.33 Å². The van der Waals surface area contributed by atoms with Gasteiger partial charge in [-0.15, -0.1) is 0 Å². The van der Waals surface area contributed by atoms with Crippen molar-refractivity contribution in [2.24, 2.45) is 11.7 Å². The zero-order valence-corrected chi connectivity index (χ0v) is 10.8. The summed E-state index contributed by atoms with van der Waals surface area (Å²) in [5.74, 6) is 0.591. The highest BCUT2D eigenvalue weighted by Gasteiger charge is 2.19. The molecular weight excluding hydrogens is 231 g/mol. The highest BCUT2D eigenvalue weighted by Crippen LogP contribution is 2.23. The predicted octanol–water partition coefficient (Wildman–Crippen LogP) is 2.11. The van der Waals surface area contributed by atoms with Gasteiger partial charge in [0.1, 0.15) is 6.33 Å². The maximum atomic E-state index is 13.9. The van der Waals surface area contributed by atoms with Crippen molar-refractivity contribution in [3.63, 3.8) is 0 Å². The molecule has 0 aromatic carbocycles. The van der Waals surface area contributed by atoms with Crippen molar-refractivity contribution < 1.29 is 4.39 Å². The summed E-state index contributed by atoms with van der Waals surface area (Å²) in [4.78, 5) is 7.88. The van der Waals surface area contributed by atoms with Gasteiger partial charge in [0, 0.05) is 12.6 Å². The number of rotatable bonds is 4. The number of halogens is 1. The molecule has 1 heterocycles. The summed E-state index contributed by atoms with van der Waals surface area (Å²) >= 11 is 0. The van der Waals surface area contributed by atoms with E-state index in [2.05, 4.69) is 15.3 Å². The van der Waals surface area contributed by atoms with Crippen LogP contribution in [0.2, 0.25) is 0 Å². The first kappa shape index (κ1) is 13.2. The van der Waals surface area contributed by atoms with Gasteiger partial charge in [-0.2, -0.15) is 0 Å². The number of aromatic nitrogens is 2. The minimum absolute atomic E-state index is 0.312. The van der Waals surface area contributed by atoms with Crippen LogP contribution in [0, 0.1) is 11.7 Å². The van der Waals surface area contributed by atoms with E-state index in [1.807, 2.05) is 6.92 Å².